The third-order valence-electron chi connectivity index (χ3n) is 2.41. The number of hydrogen-bond acceptors (Lipinski definition) is 2. The van der Waals surface area contributed by atoms with Gasteiger partial charge in [0.1, 0.15) is 0 Å². The second-order valence-electron chi connectivity index (χ2n) is 3.70. The molecule has 1 N–H and O–H groups in total. The minimum Gasteiger partial charge on any atom is -0.390 e. The first-order valence-corrected chi connectivity index (χ1v) is 4.48. The molecule has 0 aromatic heterocycles. The van der Waals surface area contributed by atoms with Gasteiger partial charge in [0.05, 0.1) is 12.1 Å². The summed E-state index contributed by atoms with van der Waals surface area (Å²) in [5.74, 6) is 5.92. The van der Waals surface area contributed by atoms with Crippen LogP contribution >= 0.6 is 0 Å². The minimum atomic E-state index is -0.434. The van der Waals surface area contributed by atoms with Crippen LogP contribution in [0.3, 0.4) is 0 Å². The van der Waals surface area contributed by atoms with Crippen LogP contribution in [0.5, 0.6) is 0 Å². The van der Waals surface area contributed by atoms with Crippen LogP contribution in [0.4, 0.5) is 0 Å². The van der Waals surface area contributed by atoms with Crippen molar-refractivity contribution in [2.75, 3.05) is 19.6 Å². The van der Waals surface area contributed by atoms with Gasteiger partial charge in [-0.15, -0.1) is 5.92 Å². The van der Waals surface area contributed by atoms with E-state index in [0.29, 0.717) is 0 Å². The number of aliphatic hydroxyl groups is 1. The fourth-order valence-electron chi connectivity index (χ4n) is 1.38. The van der Waals surface area contributed by atoms with Gasteiger partial charge in [0.2, 0.25) is 0 Å². The van der Waals surface area contributed by atoms with E-state index < -0.39 is 5.60 Å². The summed E-state index contributed by atoms with van der Waals surface area (Å²) in [6, 6.07) is 0. The summed E-state index contributed by atoms with van der Waals surface area (Å²) in [7, 11) is 0. The molecule has 0 bridgehead atoms. The molecule has 1 aliphatic heterocycles. The zero-order valence-electron chi connectivity index (χ0n) is 7.93. The highest BCUT2D eigenvalue weighted by atomic mass is 16.3. The van der Waals surface area contributed by atoms with Crippen LogP contribution in [0, 0.1) is 11.8 Å². The predicted octanol–water partition coefficient (Wildman–Crippen LogP) is 0.857. The molecule has 0 saturated carbocycles. The van der Waals surface area contributed by atoms with E-state index in [1.165, 1.54) is 0 Å². The van der Waals surface area contributed by atoms with E-state index in [1.807, 2.05) is 13.8 Å². The smallest absolute Gasteiger partial charge is 0.0644 e. The van der Waals surface area contributed by atoms with E-state index in [2.05, 4.69) is 16.7 Å². The van der Waals surface area contributed by atoms with Crippen molar-refractivity contribution in [1.29, 1.82) is 0 Å². The molecule has 1 fully saturated rings. The third-order valence-corrected chi connectivity index (χ3v) is 2.41. The quantitative estimate of drug-likeness (QED) is 0.585. The lowest BCUT2D eigenvalue weighted by atomic mass is 9.94. The number of hydrogen-bond donors (Lipinski definition) is 1. The molecule has 1 aliphatic rings. The molecule has 0 aromatic carbocycles. The van der Waals surface area contributed by atoms with E-state index in [4.69, 9.17) is 0 Å². The van der Waals surface area contributed by atoms with Crippen LogP contribution in [-0.2, 0) is 0 Å². The Labute approximate surface area is 74.6 Å². The van der Waals surface area contributed by atoms with Crippen molar-refractivity contribution < 1.29 is 5.11 Å². The van der Waals surface area contributed by atoms with Crippen molar-refractivity contribution in [2.45, 2.75) is 32.3 Å². The summed E-state index contributed by atoms with van der Waals surface area (Å²) in [6.07, 6.45) is 1.75. The molecule has 0 aromatic rings. The van der Waals surface area contributed by atoms with Crippen molar-refractivity contribution in [3.8, 4) is 11.8 Å². The predicted molar refractivity (Wildman–Crippen MR) is 49.7 cm³/mol. The summed E-state index contributed by atoms with van der Waals surface area (Å²) >= 11 is 0. The Morgan fingerprint density at radius 3 is 2.50 bits per heavy atom. The van der Waals surface area contributed by atoms with Crippen LogP contribution < -0.4 is 0 Å². The van der Waals surface area contributed by atoms with Crippen LogP contribution in [0.1, 0.15) is 26.7 Å². The van der Waals surface area contributed by atoms with Gasteiger partial charge in [0.25, 0.3) is 0 Å². The first-order valence-electron chi connectivity index (χ1n) is 4.48. The number of piperidine rings is 1. The molecule has 0 unspecified atom stereocenters. The van der Waals surface area contributed by atoms with Gasteiger partial charge in [-0.25, -0.2) is 0 Å². The van der Waals surface area contributed by atoms with Gasteiger partial charge in [0.15, 0.2) is 0 Å². The van der Waals surface area contributed by atoms with E-state index in [-0.39, 0.29) is 0 Å². The van der Waals surface area contributed by atoms with E-state index >= 15 is 0 Å². The molecule has 0 amide bonds. The van der Waals surface area contributed by atoms with Crippen molar-refractivity contribution in [3.63, 3.8) is 0 Å². The highest BCUT2D eigenvalue weighted by Gasteiger charge is 2.26. The van der Waals surface area contributed by atoms with E-state index in [9.17, 15) is 5.11 Å². The maximum atomic E-state index is 9.65. The van der Waals surface area contributed by atoms with E-state index in [1.54, 1.807) is 0 Å². The molecule has 12 heavy (non-hydrogen) atoms. The second kappa shape index (κ2) is 3.93. The molecule has 68 valence electrons. The summed E-state index contributed by atoms with van der Waals surface area (Å²) in [5.41, 5.74) is -0.434. The lowest BCUT2D eigenvalue weighted by molar-refractivity contribution is -0.00199. The molecule has 0 radical (unpaired) electrons. The molecule has 1 saturated heterocycles. The SMILES string of the molecule is CC#CCN1CCC(C)(O)CC1. The van der Waals surface area contributed by atoms with Crippen LogP contribution in [0.15, 0.2) is 0 Å². The maximum absolute atomic E-state index is 9.65. The topological polar surface area (TPSA) is 23.5 Å². The minimum absolute atomic E-state index is 0.434. The van der Waals surface area contributed by atoms with Crippen molar-refractivity contribution in [1.82, 2.24) is 4.90 Å². The Bertz CT molecular complexity index is 190. The third kappa shape index (κ3) is 2.84. The first-order chi connectivity index (χ1) is 5.64. The Morgan fingerprint density at radius 1 is 1.42 bits per heavy atom. The normalized spacial score (nSPS) is 22.9. The van der Waals surface area contributed by atoms with Gasteiger partial charge in [-0.1, -0.05) is 5.92 Å². The fourth-order valence-corrected chi connectivity index (χ4v) is 1.38. The van der Waals surface area contributed by atoms with Gasteiger partial charge in [0, 0.05) is 13.1 Å². The molecule has 0 atom stereocenters. The fraction of sp³-hybridized carbons (Fsp3) is 0.800. The summed E-state index contributed by atoms with van der Waals surface area (Å²) in [6.45, 7) is 6.58. The first kappa shape index (κ1) is 9.57. The lowest BCUT2D eigenvalue weighted by Crippen LogP contribution is -2.42. The van der Waals surface area contributed by atoms with Crippen LogP contribution in [-0.4, -0.2) is 35.2 Å². The standard InChI is InChI=1S/C10H17NO/c1-3-4-7-11-8-5-10(2,12)6-9-11/h12H,5-9H2,1-2H3. The number of likely N-dealkylation sites (tertiary alicyclic amines) is 1. The molecule has 1 rings (SSSR count). The highest BCUT2D eigenvalue weighted by molar-refractivity contribution is 4.98. The Morgan fingerprint density at radius 2 is 2.00 bits per heavy atom. The van der Waals surface area contributed by atoms with Gasteiger partial charge in [-0.2, -0.15) is 0 Å². The molecule has 2 heteroatoms. The number of nitrogens with zero attached hydrogens (tertiary/aromatic N) is 1. The zero-order valence-corrected chi connectivity index (χ0v) is 7.93. The molecule has 0 aliphatic carbocycles. The lowest BCUT2D eigenvalue weighted by Gasteiger charge is -2.34. The Balaban J connectivity index is 2.29. The average Bonchev–Trinajstić information content (AvgIpc) is 2.03. The second-order valence-corrected chi connectivity index (χ2v) is 3.70. The maximum Gasteiger partial charge on any atom is 0.0644 e. The molecular formula is C10H17NO. The number of rotatable bonds is 1. The van der Waals surface area contributed by atoms with Crippen molar-refractivity contribution in [3.05, 3.63) is 0 Å². The van der Waals surface area contributed by atoms with Crippen LogP contribution in [0.2, 0.25) is 0 Å². The largest absolute Gasteiger partial charge is 0.390 e. The highest BCUT2D eigenvalue weighted by Crippen LogP contribution is 2.20. The summed E-state index contributed by atoms with van der Waals surface area (Å²) < 4.78 is 0. The average molecular weight is 167 g/mol. The Hall–Kier alpha value is -0.520. The van der Waals surface area contributed by atoms with Gasteiger partial charge in [-0.05, 0) is 26.7 Å². The van der Waals surface area contributed by atoms with Crippen molar-refractivity contribution in [2.24, 2.45) is 0 Å². The Kier molecular flexibility index (Phi) is 3.13. The molecule has 2 nitrogen and oxygen atoms in total. The van der Waals surface area contributed by atoms with Gasteiger partial charge in [-0.3, -0.25) is 4.90 Å². The summed E-state index contributed by atoms with van der Waals surface area (Å²) in [4.78, 5) is 2.29. The summed E-state index contributed by atoms with van der Waals surface area (Å²) in [5, 5.41) is 9.65. The molecule has 0 spiro atoms. The molecule has 1 heterocycles. The van der Waals surface area contributed by atoms with Gasteiger partial charge < -0.3 is 5.11 Å². The van der Waals surface area contributed by atoms with Crippen molar-refractivity contribution >= 4 is 0 Å². The van der Waals surface area contributed by atoms with Crippen LogP contribution in [0.25, 0.3) is 0 Å². The van der Waals surface area contributed by atoms with E-state index in [0.717, 1.165) is 32.5 Å². The van der Waals surface area contributed by atoms with Gasteiger partial charge >= 0.3 is 0 Å². The zero-order chi connectivity index (χ0) is 9.03. The monoisotopic (exact) mass is 167 g/mol. The molecular weight excluding hydrogens is 150 g/mol.